The Morgan fingerprint density at radius 2 is 1.94 bits per heavy atom. The average Bonchev–Trinajstić information content (AvgIpc) is 2.82. The second-order valence-corrected chi connectivity index (χ2v) is 10.3. The summed E-state index contributed by atoms with van der Waals surface area (Å²) in [6, 6.07) is 0.292. The largest absolute Gasteiger partial charge is 0.343 e. The summed E-state index contributed by atoms with van der Waals surface area (Å²) in [4.78, 5) is 8.04. The Hall–Kier alpha value is -1.93. The molecule has 35 heavy (non-hydrogen) atoms. The van der Waals surface area contributed by atoms with Crippen LogP contribution in [0.3, 0.4) is 0 Å². The molecule has 0 bridgehead atoms. The third-order valence-electron chi connectivity index (χ3n) is 5.36. The molecule has 0 aromatic rings. The zero-order chi connectivity index (χ0) is 26.7. The second-order valence-electron chi connectivity index (χ2n) is 8.94. The van der Waals surface area contributed by atoms with Gasteiger partial charge >= 0.3 is 0 Å². The summed E-state index contributed by atoms with van der Waals surface area (Å²) in [5.74, 6) is 0.622. The number of amidine groups is 1. The third-order valence-corrected chi connectivity index (χ3v) is 6.31. The van der Waals surface area contributed by atoms with Crippen LogP contribution in [0.4, 0.5) is 8.78 Å². The quantitative estimate of drug-likeness (QED) is 0.0600. The smallest absolute Gasteiger partial charge is 0.151 e. The van der Waals surface area contributed by atoms with Crippen LogP contribution in [0.2, 0.25) is 0 Å². The molecule has 0 radical (unpaired) electrons. The minimum absolute atomic E-state index is 0.0307. The highest BCUT2D eigenvalue weighted by molar-refractivity contribution is 8.06. The van der Waals surface area contributed by atoms with E-state index in [4.69, 9.17) is 0 Å². The van der Waals surface area contributed by atoms with Crippen molar-refractivity contribution in [3.05, 3.63) is 47.4 Å². The lowest BCUT2D eigenvalue weighted by molar-refractivity contribution is 0.0731. The van der Waals surface area contributed by atoms with Crippen molar-refractivity contribution in [2.45, 2.75) is 84.4 Å². The minimum Gasteiger partial charge on any atom is -0.343 e. The van der Waals surface area contributed by atoms with Crippen LogP contribution in [0.1, 0.15) is 72.6 Å². The topological polar surface area (TPSA) is 52.0 Å². The third kappa shape index (κ3) is 16.4. The van der Waals surface area contributed by atoms with Crippen LogP contribution in [0.15, 0.2) is 57.5 Å². The zero-order valence-corrected chi connectivity index (χ0v) is 23.3. The van der Waals surface area contributed by atoms with Gasteiger partial charge in [0.05, 0.1) is 6.67 Å². The van der Waals surface area contributed by atoms with Crippen molar-refractivity contribution in [1.29, 1.82) is 0 Å². The van der Waals surface area contributed by atoms with E-state index in [0.717, 1.165) is 16.2 Å². The summed E-state index contributed by atoms with van der Waals surface area (Å²) in [6.07, 6.45) is 11.9. The summed E-state index contributed by atoms with van der Waals surface area (Å²) >= 11 is 1.49. The first kappa shape index (κ1) is 33.1. The molecule has 0 saturated heterocycles. The number of hydrogen-bond acceptors (Lipinski definition) is 5. The highest BCUT2D eigenvalue weighted by Crippen LogP contribution is 2.27. The summed E-state index contributed by atoms with van der Waals surface area (Å²) < 4.78 is 27.5. The first-order valence-electron chi connectivity index (χ1n) is 12.5. The Bertz CT molecular complexity index is 729. The van der Waals surface area contributed by atoms with E-state index in [2.05, 4.69) is 54.4 Å². The molecule has 200 valence electrons. The summed E-state index contributed by atoms with van der Waals surface area (Å²) in [7, 11) is 1.73. The number of nitrogens with zero attached hydrogens (tertiary/aromatic N) is 3. The molecule has 0 fully saturated rings. The summed E-state index contributed by atoms with van der Waals surface area (Å²) in [6.45, 7) is 19.0. The molecule has 0 aliphatic heterocycles. The molecule has 8 heteroatoms. The molecule has 0 aliphatic carbocycles. The fraction of sp³-hybridized carbons (Fsp3) is 0.630. The van der Waals surface area contributed by atoms with E-state index in [1.165, 1.54) is 37.4 Å². The number of unbranched alkanes of at least 4 members (excludes halogenated alkanes) is 3. The molecule has 0 heterocycles. The van der Waals surface area contributed by atoms with Gasteiger partial charge in [0.1, 0.15) is 12.5 Å². The van der Waals surface area contributed by atoms with Crippen molar-refractivity contribution >= 4 is 23.8 Å². The Balaban J connectivity index is 5.12. The number of thioether (sulfide) groups is 1. The lowest BCUT2D eigenvalue weighted by Gasteiger charge is -2.26. The first-order valence-corrected chi connectivity index (χ1v) is 13.3. The van der Waals surface area contributed by atoms with Gasteiger partial charge in [-0.15, -0.1) is 0 Å². The maximum Gasteiger partial charge on any atom is 0.151 e. The van der Waals surface area contributed by atoms with Crippen molar-refractivity contribution in [2.75, 3.05) is 26.9 Å². The second kappa shape index (κ2) is 19.3. The Morgan fingerprint density at radius 3 is 2.54 bits per heavy atom. The van der Waals surface area contributed by atoms with Crippen molar-refractivity contribution in [3.8, 4) is 0 Å². The van der Waals surface area contributed by atoms with E-state index in [1.54, 1.807) is 31.2 Å². The molecule has 0 aliphatic rings. The van der Waals surface area contributed by atoms with Gasteiger partial charge in [0, 0.05) is 35.8 Å². The van der Waals surface area contributed by atoms with Crippen molar-refractivity contribution in [1.82, 2.24) is 15.6 Å². The number of nitrogens with one attached hydrogen (secondary N) is 2. The molecule has 2 atom stereocenters. The molecule has 5 nitrogen and oxygen atoms in total. The predicted octanol–water partition coefficient (Wildman–Crippen LogP) is 7.13. The molecule has 2 unspecified atom stereocenters. The van der Waals surface area contributed by atoms with Crippen molar-refractivity contribution in [3.63, 3.8) is 0 Å². The number of allylic oxidation sites excluding steroid dienone is 3. The van der Waals surface area contributed by atoms with Crippen LogP contribution in [-0.4, -0.2) is 55.6 Å². The van der Waals surface area contributed by atoms with E-state index >= 15 is 0 Å². The molecular formula is C27H47F2N5S. The Kier molecular flexibility index (Phi) is 18.2. The van der Waals surface area contributed by atoms with Crippen LogP contribution in [-0.2, 0) is 0 Å². The van der Waals surface area contributed by atoms with Gasteiger partial charge in [-0.1, -0.05) is 83.2 Å². The van der Waals surface area contributed by atoms with Gasteiger partial charge < -0.3 is 10.7 Å². The number of halogens is 2. The molecule has 0 amide bonds. The van der Waals surface area contributed by atoms with Crippen LogP contribution in [0, 0.1) is 0 Å². The molecular weight excluding hydrogens is 464 g/mol. The lowest BCUT2D eigenvalue weighted by Crippen LogP contribution is -2.39. The monoisotopic (exact) mass is 511 g/mol. The van der Waals surface area contributed by atoms with Gasteiger partial charge in [-0.2, -0.15) is 5.10 Å². The normalized spacial score (nSPS) is 15.2. The maximum absolute atomic E-state index is 14.4. The van der Waals surface area contributed by atoms with Crippen LogP contribution >= 0.6 is 11.8 Å². The summed E-state index contributed by atoms with van der Waals surface area (Å²) in [5.41, 5.74) is 1.93. The Morgan fingerprint density at radius 1 is 1.23 bits per heavy atom. The van der Waals surface area contributed by atoms with Gasteiger partial charge in [-0.25, -0.2) is 8.78 Å². The van der Waals surface area contributed by atoms with Crippen LogP contribution < -0.4 is 10.7 Å². The average molecular weight is 512 g/mol. The van der Waals surface area contributed by atoms with Gasteiger partial charge in [0.15, 0.2) is 5.67 Å². The fourth-order valence-corrected chi connectivity index (χ4v) is 3.82. The van der Waals surface area contributed by atoms with Crippen molar-refractivity contribution < 1.29 is 8.78 Å². The van der Waals surface area contributed by atoms with Gasteiger partial charge in [-0.05, 0) is 38.6 Å². The predicted molar refractivity (Wildman–Crippen MR) is 152 cm³/mol. The number of rotatable bonds is 20. The van der Waals surface area contributed by atoms with E-state index in [9.17, 15) is 8.78 Å². The fourth-order valence-electron chi connectivity index (χ4n) is 3.10. The van der Waals surface area contributed by atoms with Crippen molar-refractivity contribution in [2.24, 2.45) is 10.1 Å². The zero-order valence-electron chi connectivity index (χ0n) is 22.5. The number of hydrogen-bond donors (Lipinski definition) is 2. The van der Waals surface area contributed by atoms with Gasteiger partial charge in [0.2, 0.25) is 0 Å². The summed E-state index contributed by atoms with van der Waals surface area (Å²) in [5, 5.41) is 7.57. The molecule has 0 aromatic carbocycles. The maximum atomic E-state index is 14.4. The number of alkyl halides is 2. The highest BCUT2D eigenvalue weighted by Gasteiger charge is 2.29. The SMILES string of the molecule is C=C/C=C(/C)SC(=C)C(=C)N/C(C/C=N\NC(C)CCCCCC)=N/CN(C)CC(F)(CC)CF. The van der Waals surface area contributed by atoms with Crippen LogP contribution in [0.25, 0.3) is 0 Å². The first-order chi connectivity index (χ1) is 16.6. The van der Waals surface area contributed by atoms with E-state index < -0.39 is 12.3 Å². The lowest BCUT2D eigenvalue weighted by atomic mass is 10.1. The van der Waals surface area contributed by atoms with Crippen LogP contribution in [0.5, 0.6) is 0 Å². The number of aliphatic imine (C=N–C) groups is 1. The molecule has 0 aromatic heterocycles. The van der Waals surface area contributed by atoms with Gasteiger partial charge in [-0.3, -0.25) is 9.89 Å². The van der Waals surface area contributed by atoms with E-state index in [1.807, 2.05) is 13.0 Å². The Labute approximate surface area is 217 Å². The molecule has 0 spiro atoms. The van der Waals surface area contributed by atoms with Gasteiger partial charge in [0.25, 0.3) is 0 Å². The standard InChI is InChI=1S/C27H47F2N5S/c1-9-12-13-14-16-22(4)33-31-18-17-26(30-21-34(8)20-27(29,11-3)19-28)32-24(6)25(7)35-23(5)15-10-2/h10,15,18,22,33H,2,6-7,9,11-14,16-17,19-21H2,1,3-5,8H3,(H,30,32)/b23-15-,31-18-. The highest BCUT2D eigenvalue weighted by atomic mass is 32.2. The minimum atomic E-state index is -1.86. The molecule has 0 rings (SSSR count). The number of hydrazone groups is 1. The molecule has 0 saturated carbocycles. The van der Waals surface area contributed by atoms with E-state index in [-0.39, 0.29) is 19.6 Å². The molecule has 2 N–H and O–H groups in total. The van der Waals surface area contributed by atoms with E-state index in [0.29, 0.717) is 24.0 Å².